The van der Waals surface area contributed by atoms with E-state index in [1.807, 2.05) is 30.6 Å². The van der Waals surface area contributed by atoms with Crippen molar-refractivity contribution < 1.29 is 0 Å². The molecule has 7 aromatic carbocycles. The highest BCUT2D eigenvalue weighted by Gasteiger charge is 2.19. The van der Waals surface area contributed by atoms with Crippen LogP contribution >= 0.6 is 11.3 Å². The molecule has 0 unspecified atom stereocenters. The molecule has 262 valence electrons. The number of pyridine rings is 1. The van der Waals surface area contributed by atoms with Gasteiger partial charge in [0.05, 0.1) is 21.4 Å². The molecule has 0 saturated carbocycles. The summed E-state index contributed by atoms with van der Waals surface area (Å²) in [6.45, 7) is 0. The standard InChI is InChI=1S/C50H31N5S/c1-3-12-32(13-4-1)37-27-26-36(30-45(37)55-43-20-9-7-16-39(43)40-17-8-10-21-44(40)55)50-53-48(34-14-5-2-6-15-34)52-49(54-50)35-24-22-33(23-25-35)38-18-11-19-42-41-28-29-51-31-46(41)56-47(38)42/h1-31H. The second-order valence-electron chi connectivity index (χ2n) is 13.9. The number of rotatable bonds is 6. The number of fused-ring (bicyclic) bond motifs is 6. The first-order valence-electron chi connectivity index (χ1n) is 18.6. The molecule has 4 heterocycles. The summed E-state index contributed by atoms with van der Waals surface area (Å²) in [6, 6.07) is 61.8. The molecule has 0 atom stereocenters. The lowest BCUT2D eigenvalue weighted by Crippen LogP contribution is -2.02. The van der Waals surface area contributed by atoms with E-state index < -0.39 is 0 Å². The number of para-hydroxylation sites is 2. The predicted octanol–water partition coefficient (Wildman–Crippen LogP) is 13.1. The molecule has 56 heavy (non-hydrogen) atoms. The Labute approximate surface area is 326 Å². The van der Waals surface area contributed by atoms with Crippen molar-refractivity contribution >= 4 is 53.3 Å². The van der Waals surface area contributed by atoms with Crippen LogP contribution in [0.25, 0.3) is 104 Å². The van der Waals surface area contributed by atoms with E-state index in [0.717, 1.165) is 50.1 Å². The highest BCUT2D eigenvalue weighted by atomic mass is 32.1. The third-order valence-electron chi connectivity index (χ3n) is 10.6. The van der Waals surface area contributed by atoms with Crippen LogP contribution in [0.1, 0.15) is 0 Å². The van der Waals surface area contributed by atoms with Crippen molar-refractivity contribution in [3.63, 3.8) is 0 Å². The van der Waals surface area contributed by atoms with E-state index in [4.69, 9.17) is 15.0 Å². The molecule has 0 N–H and O–H groups in total. The molecule has 4 aromatic heterocycles. The van der Waals surface area contributed by atoms with Crippen molar-refractivity contribution in [3.05, 3.63) is 188 Å². The van der Waals surface area contributed by atoms with Gasteiger partial charge in [-0.3, -0.25) is 4.98 Å². The van der Waals surface area contributed by atoms with E-state index in [1.54, 1.807) is 11.3 Å². The van der Waals surface area contributed by atoms with Gasteiger partial charge in [0.1, 0.15) is 0 Å². The summed E-state index contributed by atoms with van der Waals surface area (Å²) in [5, 5.41) is 4.92. The molecule has 11 aromatic rings. The van der Waals surface area contributed by atoms with E-state index in [0.29, 0.717) is 17.5 Å². The van der Waals surface area contributed by atoms with Crippen LogP contribution in [0, 0.1) is 0 Å². The molecule has 11 rings (SSSR count). The molecule has 0 amide bonds. The highest BCUT2D eigenvalue weighted by Crippen LogP contribution is 2.41. The number of hydrogen-bond donors (Lipinski definition) is 0. The number of nitrogens with zero attached hydrogens (tertiary/aromatic N) is 5. The first-order chi connectivity index (χ1) is 27.8. The van der Waals surface area contributed by atoms with Gasteiger partial charge in [0.2, 0.25) is 0 Å². The second-order valence-corrected chi connectivity index (χ2v) is 14.9. The fourth-order valence-electron chi connectivity index (χ4n) is 7.93. The molecule has 0 saturated heterocycles. The van der Waals surface area contributed by atoms with Gasteiger partial charge in [-0.1, -0.05) is 152 Å². The molecule has 0 aliphatic heterocycles. The maximum Gasteiger partial charge on any atom is 0.164 e. The number of benzene rings is 7. The summed E-state index contributed by atoms with van der Waals surface area (Å²) >= 11 is 1.79. The zero-order valence-corrected chi connectivity index (χ0v) is 30.9. The summed E-state index contributed by atoms with van der Waals surface area (Å²) in [5.74, 6) is 1.86. The lowest BCUT2D eigenvalue weighted by Gasteiger charge is -2.16. The monoisotopic (exact) mass is 733 g/mol. The molecule has 0 spiro atoms. The Morgan fingerprint density at radius 2 is 0.929 bits per heavy atom. The average Bonchev–Trinajstić information content (AvgIpc) is 3.83. The minimum atomic E-state index is 0.614. The number of aromatic nitrogens is 5. The van der Waals surface area contributed by atoms with Crippen LogP contribution in [0.3, 0.4) is 0 Å². The minimum Gasteiger partial charge on any atom is -0.309 e. The molecular weight excluding hydrogens is 703 g/mol. The fourth-order valence-corrected chi connectivity index (χ4v) is 9.13. The molecule has 0 bridgehead atoms. The zero-order valence-electron chi connectivity index (χ0n) is 30.0. The molecular formula is C50H31N5S. The lowest BCUT2D eigenvalue weighted by molar-refractivity contribution is 1.07. The first-order valence-corrected chi connectivity index (χ1v) is 19.4. The summed E-state index contributed by atoms with van der Waals surface area (Å²) in [6.07, 6.45) is 3.82. The molecule has 6 heteroatoms. The fraction of sp³-hybridized carbons (Fsp3) is 0. The second kappa shape index (κ2) is 13.2. The van der Waals surface area contributed by atoms with Crippen molar-refractivity contribution in [3.8, 4) is 62.1 Å². The van der Waals surface area contributed by atoms with Crippen LogP contribution in [-0.2, 0) is 0 Å². The zero-order chi connectivity index (χ0) is 37.0. The number of thiophene rings is 1. The Kier molecular flexibility index (Phi) is 7.60. The first kappa shape index (κ1) is 32.2. The van der Waals surface area contributed by atoms with Crippen LogP contribution in [0.2, 0.25) is 0 Å². The topological polar surface area (TPSA) is 56.5 Å². The van der Waals surface area contributed by atoms with Crippen LogP contribution < -0.4 is 0 Å². The molecule has 0 fully saturated rings. The van der Waals surface area contributed by atoms with Gasteiger partial charge in [0, 0.05) is 60.9 Å². The Balaban J connectivity index is 1.08. The molecule has 5 nitrogen and oxygen atoms in total. The Bertz CT molecular complexity index is 3190. The van der Waals surface area contributed by atoms with Crippen LogP contribution in [-0.4, -0.2) is 24.5 Å². The summed E-state index contributed by atoms with van der Waals surface area (Å²) in [5.41, 5.74) is 10.7. The number of hydrogen-bond acceptors (Lipinski definition) is 5. The van der Waals surface area contributed by atoms with Crippen LogP contribution in [0.4, 0.5) is 0 Å². The Hall–Kier alpha value is -7.28. The molecule has 0 aliphatic rings. The van der Waals surface area contributed by atoms with Crippen molar-refractivity contribution in [1.82, 2.24) is 24.5 Å². The SMILES string of the molecule is c1ccc(-c2nc(-c3ccc(-c4cccc5c4sc4cnccc45)cc3)nc(-c3ccc(-c4ccccc4)c(-n4c5ccccc5c5ccccc54)c3)n2)cc1. The van der Waals surface area contributed by atoms with Gasteiger partial charge in [-0.2, -0.15) is 0 Å². The van der Waals surface area contributed by atoms with E-state index in [-0.39, 0.29) is 0 Å². The Morgan fingerprint density at radius 3 is 1.62 bits per heavy atom. The maximum atomic E-state index is 5.19. The van der Waals surface area contributed by atoms with Gasteiger partial charge < -0.3 is 4.57 Å². The van der Waals surface area contributed by atoms with Crippen molar-refractivity contribution in [1.29, 1.82) is 0 Å². The summed E-state index contributed by atoms with van der Waals surface area (Å²) < 4.78 is 4.83. The maximum absolute atomic E-state index is 5.19. The third kappa shape index (κ3) is 5.38. The predicted molar refractivity (Wildman–Crippen MR) is 232 cm³/mol. The van der Waals surface area contributed by atoms with Gasteiger partial charge in [0.25, 0.3) is 0 Å². The Morgan fingerprint density at radius 1 is 0.393 bits per heavy atom. The van der Waals surface area contributed by atoms with E-state index in [1.165, 1.54) is 36.5 Å². The normalized spacial score (nSPS) is 11.6. The van der Waals surface area contributed by atoms with Gasteiger partial charge in [-0.05, 0) is 41.0 Å². The third-order valence-corrected chi connectivity index (χ3v) is 11.8. The average molecular weight is 734 g/mol. The quantitative estimate of drug-likeness (QED) is 0.171. The smallest absolute Gasteiger partial charge is 0.164 e. The minimum absolute atomic E-state index is 0.614. The van der Waals surface area contributed by atoms with Crippen molar-refractivity contribution in [2.45, 2.75) is 0 Å². The van der Waals surface area contributed by atoms with Crippen LogP contribution in [0.5, 0.6) is 0 Å². The lowest BCUT2D eigenvalue weighted by atomic mass is 10.0. The van der Waals surface area contributed by atoms with Gasteiger partial charge in [0.15, 0.2) is 17.5 Å². The van der Waals surface area contributed by atoms with E-state index in [2.05, 4.69) is 167 Å². The largest absolute Gasteiger partial charge is 0.309 e. The van der Waals surface area contributed by atoms with E-state index >= 15 is 0 Å². The molecule has 0 aliphatic carbocycles. The summed E-state index contributed by atoms with van der Waals surface area (Å²) in [4.78, 5) is 19.8. The van der Waals surface area contributed by atoms with Gasteiger partial charge in [-0.25, -0.2) is 15.0 Å². The van der Waals surface area contributed by atoms with Gasteiger partial charge in [-0.15, -0.1) is 11.3 Å². The highest BCUT2D eigenvalue weighted by molar-refractivity contribution is 7.26. The van der Waals surface area contributed by atoms with Crippen molar-refractivity contribution in [2.24, 2.45) is 0 Å². The van der Waals surface area contributed by atoms with E-state index in [9.17, 15) is 0 Å². The summed E-state index contributed by atoms with van der Waals surface area (Å²) in [7, 11) is 0. The van der Waals surface area contributed by atoms with Crippen LogP contribution in [0.15, 0.2) is 188 Å². The molecule has 0 radical (unpaired) electrons. The van der Waals surface area contributed by atoms with Crippen molar-refractivity contribution in [2.75, 3.05) is 0 Å². The van der Waals surface area contributed by atoms with Gasteiger partial charge >= 0.3 is 0 Å².